The summed E-state index contributed by atoms with van der Waals surface area (Å²) in [7, 11) is 0. The molecule has 224 valence electrons. The molecule has 0 bridgehead atoms. The van der Waals surface area contributed by atoms with Gasteiger partial charge in [0, 0.05) is 12.0 Å². The summed E-state index contributed by atoms with van der Waals surface area (Å²) in [4.78, 5) is 23.0. The van der Waals surface area contributed by atoms with Gasteiger partial charge >= 0.3 is 11.9 Å². The minimum Gasteiger partial charge on any atom is -0.463 e. The number of unbranched alkanes of at least 4 members (excludes halogenated alkanes) is 12. The van der Waals surface area contributed by atoms with Crippen molar-refractivity contribution in [3.63, 3.8) is 0 Å². The first-order valence-electron chi connectivity index (χ1n) is 14.9. The van der Waals surface area contributed by atoms with Gasteiger partial charge in [0.05, 0.1) is 52.9 Å². The Labute approximate surface area is 232 Å². The number of carbonyl (C=O) groups excluding carboxylic acids is 2. The van der Waals surface area contributed by atoms with Crippen LogP contribution >= 0.6 is 0 Å². The Morgan fingerprint density at radius 1 is 0.500 bits per heavy atom. The predicted molar refractivity (Wildman–Crippen MR) is 150 cm³/mol. The lowest BCUT2D eigenvalue weighted by molar-refractivity contribution is -0.145. The van der Waals surface area contributed by atoms with E-state index in [4.69, 9.17) is 28.4 Å². The van der Waals surface area contributed by atoms with Crippen molar-refractivity contribution in [3.8, 4) is 0 Å². The normalized spacial score (nSPS) is 11.0. The van der Waals surface area contributed by atoms with Gasteiger partial charge in [-0.25, -0.2) is 4.79 Å². The monoisotopic (exact) mass is 544 g/mol. The van der Waals surface area contributed by atoms with Crippen molar-refractivity contribution >= 4 is 11.9 Å². The van der Waals surface area contributed by atoms with E-state index in [1.54, 1.807) is 6.92 Å². The van der Waals surface area contributed by atoms with Gasteiger partial charge in [0.1, 0.15) is 13.2 Å². The van der Waals surface area contributed by atoms with Gasteiger partial charge in [-0.2, -0.15) is 0 Å². The lowest BCUT2D eigenvalue weighted by atomic mass is 10.0. The molecule has 0 unspecified atom stereocenters. The number of esters is 2. The SMILES string of the molecule is C=C(C)C(=O)OCCOCCOCCOCCOCCOC(=O)CCCCCCCCCCCCCCC. The molecule has 0 aromatic rings. The van der Waals surface area contributed by atoms with E-state index in [1.165, 1.54) is 70.6 Å². The largest absolute Gasteiger partial charge is 0.463 e. The third-order valence-corrected chi connectivity index (χ3v) is 5.90. The molecule has 0 heterocycles. The standard InChI is InChI=1S/C30H56O8/c1-4-5-6-7-8-9-10-11-12-13-14-15-16-17-29(31)37-26-24-35-22-20-33-18-19-34-21-23-36-25-27-38-30(32)28(2)3/h2,4-27H2,1,3H3. The summed E-state index contributed by atoms with van der Waals surface area (Å²) >= 11 is 0. The molecule has 0 N–H and O–H groups in total. The van der Waals surface area contributed by atoms with Crippen LogP contribution in [0, 0.1) is 0 Å². The predicted octanol–water partition coefficient (Wildman–Crippen LogP) is 6.20. The van der Waals surface area contributed by atoms with Crippen molar-refractivity contribution in [3.05, 3.63) is 12.2 Å². The van der Waals surface area contributed by atoms with E-state index in [-0.39, 0.29) is 19.2 Å². The summed E-state index contributed by atoms with van der Waals surface area (Å²) in [5.41, 5.74) is 0.373. The van der Waals surface area contributed by atoms with Crippen LogP contribution in [-0.2, 0) is 38.0 Å². The molecule has 38 heavy (non-hydrogen) atoms. The fourth-order valence-electron chi connectivity index (χ4n) is 3.65. The summed E-state index contributed by atoms with van der Waals surface area (Å²) in [5.74, 6) is -0.547. The first kappa shape index (κ1) is 36.5. The first-order valence-corrected chi connectivity index (χ1v) is 14.9. The van der Waals surface area contributed by atoms with Crippen LogP contribution in [0.4, 0.5) is 0 Å². The second kappa shape index (κ2) is 30.1. The fourth-order valence-corrected chi connectivity index (χ4v) is 3.65. The van der Waals surface area contributed by atoms with E-state index in [1.807, 2.05) is 0 Å². The van der Waals surface area contributed by atoms with E-state index in [2.05, 4.69) is 13.5 Å². The van der Waals surface area contributed by atoms with Gasteiger partial charge in [0.25, 0.3) is 0 Å². The molecule has 0 aliphatic heterocycles. The molecule has 0 fully saturated rings. The molecule has 8 heteroatoms. The van der Waals surface area contributed by atoms with Crippen LogP contribution in [0.15, 0.2) is 12.2 Å². The molecule has 0 saturated heterocycles. The Bertz CT molecular complexity index is 552. The quantitative estimate of drug-likeness (QED) is 0.0600. The zero-order chi connectivity index (χ0) is 27.9. The van der Waals surface area contributed by atoms with Gasteiger partial charge < -0.3 is 28.4 Å². The summed E-state index contributed by atoms with van der Waals surface area (Å²) in [6.45, 7) is 11.3. The van der Waals surface area contributed by atoms with Gasteiger partial charge in [-0.3, -0.25) is 4.79 Å². The third-order valence-electron chi connectivity index (χ3n) is 5.90. The van der Waals surface area contributed by atoms with Gasteiger partial charge in [-0.1, -0.05) is 90.6 Å². The van der Waals surface area contributed by atoms with Gasteiger partial charge in [-0.05, 0) is 13.3 Å². The highest BCUT2D eigenvalue weighted by Gasteiger charge is 2.03. The second-order valence-electron chi connectivity index (χ2n) is 9.58. The molecular formula is C30H56O8. The molecule has 0 atom stereocenters. The first-order chi connectivity index (χ1) is 18.6. The molecule has 0 rings (SSSR count). The molecule has 0 aromatic heterocycles. The Hall–Kier alpha value is -1.48. The summed E-state index contributed by atoms with van der Waals surface area (Å²) < 4.78 is 31.6. The van der Waals surface area contributed by atoms with Crippen molar-refractivity contribution in [2.45, 2.75) is 104 Å². The zero-order valence-electron chi connectivity index (χ0n) is 24.4. The lowest BCUT2D eigenvalue weighted by Gasteiger charge is -2.08. The van der Waals surface area contributed by atoms with Gasteiger partial charge in [0.2, 0.25) is 0 Å². The second-order valence-corrected chi connectivity index (χ2v) is 9.58. The Balaban J connectivity index is 3.18. The molecule has 8 nitrogen and oxygen atoms in total. The highest BCUT2D eigenvalue weighted by Crippen LogP contribution is 2.13. The minimum absolute atomic E-state index is 0.137. The summed E-state index contributed by atoms with van der Waals surface area (Å²) in [6, 6.07) is 0. The average Bonchev–Trinajstić information content (AvgIpc) is 2.90. The number of ether oxygens (including phenoxy) is 6. The smallest absolute Gasteiger partial charge is 0.333 e. The van der Waals surface area contributed by atoms with Crippen LogP contribution in [-0.4, -0.2) is 78.0 Å². The summed E-state index contributed by atoms with van der Waals surface area (Å²) in [6.07, 6.45) is 17.3. The summed E-state index contributed by atoms with van der Waals surface area (Å²) in [5, 5.41) is 0. The number of carbonyl (C=O) groups is 2. The Morgan fingerprint density at radius 2 is 0.842 bits per heavy atom. The molecule has 0 amide bonds. The number of hydrogen-bond acceptors (Lipinski definition) is 8. The van der Waals surface area contributed by atoms with E-state index < -0.39 is 5.97 Å². The van der Waals surface area contributed by atoms with E-state index in [9.17, 15) is 9.59 Å². The maximum Gasteiger partial charge on any atom is 0.333 e. The van der Waals surface area contributed by atoms with Gasteiger partial charge in [-0.15, -0.1) is 0 Å². The minimum atomic E-state index is -0.410. The van der Waals surface area contributed by atoms with Crippen molar-refractivity contribution in [1.29, 1.82) is 0 Å². The molecule has 0 aliphatic rings. The average molecular weight is 545 g/mol. The van der Waals surface area contributed by atoms with Crippen molar-refractivity contribution < 1.29 is 38.0 Å². The number of rotatable bonds is 30. The Kier molecular flexibility index (Phi) is 28.9. The van der Waals surface area contributed by atoms with Crippen molar-refractivity contribution in [2.24, 2.45) is 0 Å². The van der Waals surface area contributed by atoms with E-state index in [0.717, 1.165) is 12.8 Å². The van der Waals surface area contributed by atoms with Crippen LogP contribution in [0.1, 0.15) is 104 Å². The molecular weight excluding hydrogens is 488 g/mol. The van der Waals surface area contributed by atoms with E-state index >= 15 is 0 Å². The maximum absolute atomic E-state index is 11.8. The fraction of sp³-hybridized carbons (Fsp3) is 0.867. The van der Waals surface area contributed by atoms with Crippen LogP contribution in [0.25, 0.3) is 0 Å². The van der Waals surface area contributed by atoms with Crippen molar-refractivity contribution in [2.75, 3.05) is 66.1 Å². The highest BCUT2D eigenvalue weighted by molar-refractivity contribution is 5.86. The zero-order valence-corrected chi connectivity index (χ0v) is 24.4. The highest BCUT2D eigenvalue weighted by atomic mass is 16.6. The molecule has 0 aromatic carbocycles. The molecule has 0 radical (unpaired) electrons. The Morgan fingerprint density at radius 3 is 1.24 bits per heavy atom. The van der Waals surface area contributed by atoms with Gasteiger partial charge in [0.15, 0.2) is 0 Å². The van der Waals surface area contributed by atoms with Crippen LogP contribution in [0.5, 0.6) is 0 Å². The molecule has 0 spiro atoms. The van der Waals surface area contributed by atoms with Crippen molar-refractivity contribution in [1.82, 2.24) is 0 Å². The van der Waals surface area contributed by atoms with Crippen LogP contribution in [0.3, 0.4) is 0 Å². The third kappa shape index (κ3) is 29.1. The number of hydrogen-bond donors (Lipinski definition) is 0. The molecule has 0 aliphatic carbocycles. The van der Waals surface area contributed by atoms with Crippen LogP contribution < -0.4 is 0 Å². The topological polar surface area (TPSA) is 89.5 Å². The lowest BCUT2D eigenvalue weighted by Crippen LogP contribution is -2.15. The van der Waals surface area contributed by atoms with E-state index in [0.29, 0.717) is 64.8 Å². The maximum atomic E-state index is 11.8. The van der Waals surface area contributed by atoms with Crippen LogP contribution in [0.2, 0.25) is 0 Å². The molecule has 0 saturated carbocycles.